The van der Waals surface area contributed by atoms with Gasteiger partial charge in [0.15, 0.2) is 5.96 Å². The molecule has 1 heterocycles. The number of amides is 1. The fourth-order valence-corrected chi connectivity index (χ4v) is 3.32. The molecule has 6 nitrogen and oxygen atoms in total. The Morgan fingerprint density at radius 1 is 1.26 bits per heavy atom. The van der Waals surface area contributed by atoms with E-state index in [4.69, 9.17) is 11.6 Å². The Labute approximate surface area is 167 Å². The van der Waals surface area contributed by atoms with Crippen LogP contribution in [-0.4, -0.2) is 56.5 Å². The Hall–Kier alpha value is -1.79. The van der Waals surface area contributed by atoms with E-state index in [1.807, 2.05) is 26.0 Å². The fraction of sp³-hybridized carbons (Fsp3) is 0.600. The molecule has 7 heteroatoms. The van der Waals surface area contributed by atoms with Gasteiger partial charge in [-0.3, -0.25) is 14.7 Å². The van der Waals surface area contributed by atoms with Crippen molar-refractivity contribution in [3.63, 3.8) is 0 Å². The van der Waals surface area contributed by atoms with Gasteiger partial charge in [0.25, 0.3) is 0 Å². The van der Waals surface area contributed by atoms with Gasteiger partial charge in [0.2, 0.25) is 5.91 Å². The van der Waals surface area contributed by atoms with E-state index in [1.165, 1.54) is 5.56 Å². The van der Waals surface area contributed by atoms with E-state index in [9.17, 15) is 4.79 Å². The molecule has 1 saturated heterocycles. The van der Waals surface area contributed by atoms with E-state index < -0.39 is 5.41 Å². The normalized spacial score (nSPS) is 16.9. The summed E-state index contributed by atoms with van der Waals surface area (Å²) in [7, 11) is 3.42. The molecular weight excluding hydrogens is 362 g/mol. The Balaban J connectivity index is 1.76. The van der Waals surface area contributed by atoms with Crippen LogP contribution in [0.25, 0.3) is 0 Å². The zero-order chi connectivity index (χ0) is 19.9. The SMILES string of the molecule is CN=C(NCC(C)(C)C(=O)NC)NC1CCN(Cc2ccc(Cl)cc2)CC1. The molecule has 1 fully saturated rings. The molecular formula is C20H32ClN5O. The summed E-state index contributed by atoms with van der Waals surface area (Å²) in [6.07, 6.45) is 2.13. The molecule has 0 atom stereocenters. The van der Waals surface area contributed by atoms with E-state index in [0.717, 1.165) is 43.5 Å². The molecule has 0 spiro atoms. The quantitative estimate of drug-likeness (QED) is 0.512. The van der Waals surface area contributed by atoms with Crippen molar-refractivity contribution in [1.82, 2.24) is 20.9 Å². The largest absolute Gasteiger partial charge is 0.359 e. The number of halogens is 1. The maximum absolute atomic E-state index is 11.9. The maximum atomic E-state index is 11.9. The smallest absolute Gasteiger partial charge is 0.227 e. The summed E-state index contributed by atoms with van der Waals surface area (Å²) in [4.78, 5) is 18.7. The highest BCUT2D eigenvalue weighted by atomic mass is 35.5. The highest BCUT2D eigenvalue weighted by Crippen LogP contribution is 2.16. The van der Waals surface area contributed by atoms with Crippen molar-refractivity contribution in [1.29, 1.82) is 0 Å². The molecule has 0 aromatic heterocycles. The zero-order valence-electron chi connectivity index (χ0n) is 16.8. The van der Waals surface area contributed by atoms with Crippen LogP contribution in [0, 0.1) is 5.41 Å². The van der Waals surface area contributed by atoms with Gasteiger partial charge in [-0.2, -0.15) is 0 Å². The molecule has 3 N–H and O–H groups in total. The molecule has 1 amide bonds. The minimum Gasteiger partial charge on any atom is -0.359 e. The minimum absolute atomic E-state index is 0.0148. The molecule has 1 aromatic carbocycles. The molecule has 27 heavy (non-hydrogen) atoms. The van der Waals surface area contributed by atoms with Gasteiger partial charge >= 0.3 is 0 Å². The van der Waals surface area contributed by atoms with Crippen LogP contribution in [0.4, 0.5) is 0 Å². The van der Waals surface area contributed by atoms with E-state index >= 15 is 0 Å². The van der Waals surface area contributed by atoms with Crippen LogP contribution >= 0.6 is 11.6 Å². The molecule has 150 valence electrons. The first-order chi connectivity index (χ1) is 12.8. The van der Waals surface area contributed by atoms with Crippen molar-refractivity contribution in [2.24, 2.45) is 10.4 Å². The predicted molar refractivity (Wildman–Crippen MR) is 112 cm³/mol. The van der Waals surface area contributed by atoms with Crippen molar-refractivity contribution >= 4 is 23.5 Å². The van der Waals surface area contributed by atoms with Gasteiger partial charge in [-0.15, -0.1) is 0 Å². The van der Waals surface area contributed by atoms with Crippen LogP contribution in [-0.2, 0) is 11.3 Å². The van der Waals surface area contributed by atoms with Crippen LogP contribution in [0.2, 0.25) is 5.02 Å². The summed E-state index contributed by atoms with van der Waals surface area (Å²) in [5.41, 5.74) is 0.800. The number of likely N-dealkylation sites (tertiary alicyclic amines) is 1. The molecule has 1 aliphatic heterocycles. The summed E-state index contributed by atoms with van der Waals surface area (Å²) in [6.45, 7) is 7.41. The summed E-state index contributed by atoms with van der Waals surface area (Å²) in [6, 6.07) is 8.46. The molecule has 0 saturated carbocycles. The second-order valence-electron chi connectivity index (χ2n) is 7.71. The van der Waals surface area contributed by atoms with Crippen LogP contribution in [0.1, 0.15) is 32.3 Å². The third kappa shape index (κ3) is 6.70. The van der Waals surface area contributed by atoms with Crippen molar-refractivity contribution in [2.45, 2.75) is 39.3 Å². The zero-order valence-corrected chi connectivity index (χ0v) is 17.6. The minimum atomic E-state index is -0.492. The van der Waals surface area contributed by atoms with Crippen molar-refractivity contribution in [2.75, 3.05) is 33.7 Å². The molecule has 0 unspecified atom stereocenters. The summed E-state index contributed by atoms with van der Waals surface area (Å²) in [5.74, 6) is 0.768. The fourth-order valence-electron chi connectivity index (χ4n) is 3.19. The number of benzene rings is 1. The average Bonchev–Trinajstić information content (AvgIpc) is 2.67. The van der Waals surface area contributed by atoms with Crippen molar-refractivity contribution in [3.8, 4) is 0 Å². The lowest BCUT2D eigenvalue weighted by Gasteiger charge is -2.33. The van der Waals surface area contributed by atoms with Gasteiger partial charge in [0, 0.05) is 51.3 Å². The number of carbonyl (C=O) groups excluding carboxylic acids is 1. The number of rotatable bonds is 6. The summed E-state index contributed by atoms with van der Waals surface area (Å²) in [5, 5.41) is 10.3. The summed E-state index contributed by atoms with van der Waals surface area (Å²) >= 11 is 5.95. The standard InChI is InChI=1S/C20H32ClN5O/c1-20(2,18(27)22-3)14-24-19(23-4)25-17-9-11-26(12-10-17)13-15-5-7-16(21)8-6-15/h5-8,17H,9-14H2,1-4H3,(H,22,27)(H2,23,24,25). The third-order valence-corrected chi connectivity index (χ3v) is 5.26. The lowest BCUT2D eigenvalue weighted by atomic mass is 9.92. The summed E-state index contributed by atoms with van der Waals surface area (Å²) < 4.78 is 0. The maximum Gasteiger partial charge on any atom is 0.227 e. The van der Waals surface area contributed by atoms with Gasteiger partial charge in [0.1, 0.15) is 0 Å². The topological polar surface area (TPSA) is 68.8 Å². The second kappa shape index (κ2) is 9.95. The number of piperidine rings is 1. The van der Waals surface area contributed by atoms with Gasteiger partial charge in [-0.05, 0) is 44.4 Å². The second-order valence-corrected chi connectivity index (χ2v) is 8.15. The van der Waals surface area contributed by atoms with E-state index in [-0.39, 0.29) is 5.91 Å². The van der Waals surface area contributed by atoms with E-state index in [1.54, 1.807) is 14.1 Å². The van der Waals surface area contributed by atoms with Gasteiger partial charge in [-0.25, -0.2) is 0 Å². The van der Waals surface area contributed by atoms with Gasteiger partial charge in [-0.1, -0.05) is 23.7 Å². The first-order valence-corrected chi connectivity index (χ1v) is 9.88. The predicted octanol–water partition coefficient (Wildman–Crippen LogP) is 2.24. The monoisotopic (exact) mass is 393 g/mol. The van der Waals surface area contributed by atoms with Crippen molar-refractivity contribution < 1.29 is 4.79 Å². The number of aliphatic imine (C=N–C) groups is 1. The molecule has 0 radical (unpaired) electrons. The van der Waals surface area contributed by atoms with Gasteiger partial charge in [0.05, 0.1) is 5.41 Å². The lowest BCUT2D eigenvalue weighted by Crippen LogP contribution is -2.51. The average molecular weight is 394 g/mol. The van der Waals surface area contributed by atoms with Crippen LogP contribution in [0.3, 0.4) is 0 Å². The molecule has 0 aliphatic carbocycles. The van der Waals surface area contributed by atoms with Crippen LogP contribution in [0.15, 0.2) is 29.3 Å². The highest BCUT2D eigenvalue weighted by molar-refractivity contribution is 6.30. The Bertz CT molecular complexity index is 636. The lowest BCUT2D eigenvalue weighted by molar-refractivity contribution is -0.128. The molecule has 1 aliphatic rings. The number of carbonyl (C=O) groups is 1. The number of hydrogen-bond acceptors (Lipinski definition) is 3. The molecule has 0 bridgehead atoms. The first-order valence-electron chi connectivity index (χ1n) is 9.50. The highest BCUT2D eigenvalue weighted by Gasteiger charge is 2.27. The third-order valence-electron chi connectivity index (χ3n) is 5.01. The Kier molecular flexibility index (Phi) is 7.92. The molecule has 1 aromatic rings. The number of hydrogen-bond donors (Lipinski definition) is 3. The Morgan fingerprint density at radius 2 is 1.89 bits per heavy atom. The van der Waals surface area contributed by atoms with Crippen LogP contribution < -0.4 is 16.0 Å². The number of guanidine groups is 1. The Morgan fingerprint density at radius 3 is 2.44 bits per heavy atom. The van der Waals surface area contributed by atoms with E-state index in [2.05, 4.69) is 38.0 Å². The molecule has 2 rings (SSSR count). The van der Waals surface area contributed by atoms with Crippen LogP contribution in [0.5, 0.6) is 0 Å². The van der Waals surface area contributed by atoms with Crippen molar-refractivity contribution in [3.05, 3.63) is 34.9 Å². The van der Waals surface area contributed by atoms with Gasteiger partial charge < -0.3 is 16.0 Å². The number of nitrogens with one attached hydrogen (secondary N) is 3. The first kappa shape index (κ1) is 21.5. The van der Waals surface area contributed by atoms with E-state index in [0.29, 0.717) is 12.6 Å². The number of nitrogens with zero attached hydrogens (tertiary/aromatic N) is 2.